The van der Waals surface area contributed by atoms with Crippen LogP contribution in [0, 0.1) is 12.3 Å². The predicted octanol–water partition coefficient (Wildman–Crippen LogP) is -0.522. The van der Waals surface area contributed by atoms with Crippen LogP contribution in [0.5, 0.6) is 0 Å². The molecule has 0 N–H and O–H groups in total. The van der Waals surface area contributed by atoms with Crippen LogP contribution in [0.25, 0.3) is 0 Å². The van der Waals surface area contributed by atoms with E-state index < -0.39 is 0 Å². The number of carbonyl (C=O) groups excluding carboxylic acids is 1. The van der Waals surface area contributed by atoms with E-state index in [2.05, 4.69) is 5.92 Å². The molecule has 0 aromatic carbocycles. The Balaban J connectivity index is 2.40. The lowest BCUT2D eigenvalue weighted by Crippen LogP contribution is -2.39. The largest absolute Gasteiger partial charge is 0.378 e. The van der Waals surface area contributed by atoms with Crippen LogP contribution in [0.15, 0.2) is 0 Å². The quantitative estimate of drug-likeness (QED) is 0.422. The van der Waals surface area contributed by atoms with Crippen molar-refractivity contribution in [3.05, 3.63) is 0 Å². The second-order valence-corrected chi connectivity index (χ2v) is 2.05. The Morgan fingerprint density at radius 3 is 2.60 bits per heavy atom. The van der Waals surface area contributed by atoms with Gasteiger partial charge in [-0.1, -0.05) is 0 Å². The summed E-state index contributed by atoms with van der Waals surface area (Å²) >= 11 is 0. The van der Waals surface area contributed by atoms with Crippen molar-refractivity contribution in [3.8, 4) is 12.3 Å². The fraction of sp³-hybridized carbons (Fsp3) is 0.571. The molecule has 0 radical (unpaired) electrons. The number of hydrogen-bond donors (Lipinski definition) is 0. The molecule has 0 bridgehead atoms. The summed E-state index contributed by atoms with van der Waals surface area (Å²) in [4.78, 5) is 12.4. The van der Waals surface area contributed by atoms with Crippen molar-refractivity contribution < 1.29 is 9.53 Å². The summed E-state index contributed by atoms with van der Waals surface area (Å²) in [5.74, 6) is 1.83. The van der Waals surface area contributed by atoms with Crippen molar-refractivity contribution >= 4 is 5.91 Å². The first-order valence-electron chi connectivity index (χ1n) is 3.18. The molecular formula is C7H9NO2. The van der Waals surface area contributed by atoms with Gasteiger partial charge in [0, 0.05) is 13.1 Å². The van der Waals surface area contributed by atoms with Crippen LogP contribution in [0.4, 0.5) is 0 Å². The molecule has 3 nitrogen and oxygen atoms in total. The Kier molecular flexibility index (Phi) is 2.30. The molecule has 1 aliphatic heterocycles. The number of rotatable bonds is 0. The van der Waals surface area contributed by atoms with Gasteiger partial charge in [0.1, 0.15) is 0 Å². The van der Waals surface area contributed by atoms with Crippen LogP contribution in [-0.2, 0) is 9.53 Å². The molecule has 1 heterocycles. The van der Waals surface area contributed by atoms with Crippen molar-refractivity contribution in [2.75, 3.05) is 26.3 Å². The van der Waals surface area contributed by atoms with Gasteiger partial charge in [-0.15, -0.1) is 6.42 Å². The maximum atomic E-state index is 10.8. The standard InChI is InChI=1S/C7H9NO2/c1-2-7(9)8-3-5-10-6-4-8/h1H,3-6H2. The minimum absolute atomic E-state index is 0.233. The number of carbonyl (C=O) groups is 1. The van der Waals surface area contributed by atoms with Crippen molar-refractivity contribution in [1.82, 2.24) is 4.90 Å². The zero-order valence-corrected chi connectivity index (χ0v) is 5.67. The smallest absolute Gasteiger partial charge is 0.298 e. The Hall–Kier alpha value is -1.01. The average Bonchev–Trinajstić information content (AvgIpc) is 2.05. The van der Waals surface area contributed by atoms with Crippen molar-refractivity contribution in [3.63, 3.8) is 0 Å². The first-order valence-corrected chi connectivity index (χ1v) is 3.18. The van der Waals surface area contributed by atoms with E-state index in [4.69, 9.17) is 11.2 Å². The molecule has 0 aliphatic carbocycles. The molecule has 1 fully saturated rings. The van der Waals surface area contributed by atoms with E-state index in [1.807, 2.05) is 0 Å². The molecule has 0 spiro atoms. The zero-order chi connectivity index (χ0) is 7.40. The molecular weight excluding hydrogens is 130 g/mol. The van der Waals surface area contributed by atoms with Gasteiger partial charge in [0.25, 0.3) is 5.91 Å². The second-order valence-electron chi connectivity index (χ2n) is 2.05. The normalized spacial score (nSPS) is 18.1. The van der Waals surface area contributed by atoms with E-state index in [9.17, 15) is 4.79 Å². The Morgan fingerprint density at radius 2 is 2.10 bits per heavy atom. The summed E-state index contributed by atoms with van der Waals surface area (Å²) in [5, 5.41) is 0. The maximum Gasteiger partial charge on any atom is 0.298 e. The molecule has 1 rings (SSSR count). The highest BCUT2D eigenvalue weighted by atomic mass is 16.5. The predicted molar refractivity (Wildman–Crippen MR) is 36.2 cm³/mol. The van der Waals surface area contributed by atoms with Gasteiger partial charge in [-0.05, 0) is 5.92 Å². The first-order chi connectivity index (χ1) is 4.84. The van der Waals surface area contributed by atoms with Gasteiger partial charge >= 0.3 is 0 Å². The first kappa shape index (κ1) is 7.10. The van der Waals surface area contributed by atoms with E-state index >= 15 is 0 Å². The monoisotopic (exact) mass is 139 g/mol. The SMILES string of the molecule is C#CC(=O)N1CCOCC1. The van der Waals surface area contributed by atoms with Crippen LogP contribution in [0.3, 0.4) is 0 Å². The zero-order valence-electron chi connectivity index (χ0n) is 5.67. The Labute approximate surface area is 60.0 Å². The molecule has 0 saturated carbocycles. The van der Waals surface area contributed by atoms with E-state index in [0.717, 1.165) is 0 Å². The van der Waals surface area contributed by atoms with Gasteiger partial charge < -0.3 is 9.64 Å². The van der Waals surface area contributed by atoms with Crippen molar-refractivity contribution in [2.24, 2.45) is 0 Å². The number of nitrogens with zero attached hydrogens (tertiary/aromatic N) is 1. The molecule has 0 unspecified atom stereocenters. The van der Waals surface area contributed by atoms with Gasteiger partial charge in [-0.3, -0.25) is 4.79 Å². The topological polar surface area (TPSA) is 29.5 Å². The third-order valence-corrected chi connectivity index (χ3v) is 1.42. The summed E-state index contributed by atoms with van der Waals surface area (Å²) in [6.07, 6.45) is 4.92. The number of amides is 1. The highest BCUT2D eigenvalue weighted by Gasteiger charge is 2.13. The van der Waals surface area contributed by atoms with E-state index in [1.165, 1.54) is 0 Å². The molecule has 3 heteroatoms. The fourth-order valence-corrected chi connectivity index (χ4v) is 0.858. The highest BCUT2D eigenvalue weighted by molar-refractivity contribution is 5.92. The van der Waals surface area contributed by atoms with Gasteiger partial charge in [0.15, 0.2) is 0 Å². The summed E-state index contributed by atoms with van der Waals surface area (Å²) in [6.45, 7) is 2.47. The molecule has 1 aliphatic rings. The Bertz CT molecular complexity index is 165. The maximum absolute atomic E-state index is 10.8. The molecule has 1 amide bonds. The molecule has 0 atom stereocenters. The third kappa shape index (κ3) is 1.49. The van der Waals surface area contributed by atoms with Crippen LogP contribution in [-0.4, -0.2) is 37.1 Å². The molecule has 0 aromatic rings. The Morgan fingerprint density at radius 1 is 1.50 bits per heavy atom. The third-order valence-electron chi connectivity index (χ3n) is 1.42. The van der Waals surface area contributed by atoms with Crippen LogP contribution < -0.4 is 0 Å². The fourth-order valence-electron chi connectivity index (χ4n) is 0.858. The van der Waals surface area contributed by atoms with Gasteiger partial charge in [-0.25, -0.2) is 0 Å². The van der Waals surface area contributed by atoms with Crippen molar-refractivity contribution in [2.45, 2.75) is 0 Å². The minimum Gasteiger partial charge on any atom is -0.378 e. The van der Waals surface area contributed by atoms with Crippen molar-refractivity contribution in [1.29, 1.82) is 0 Å². The number of morpholine rings is 1. The lowest BCUT2D eigenvalue weighted by molar-refractivity contribution is -0.129. The van der Waals surface area contributed by atoms with E-state index in [1.54, 1.807) is 4.90 Å². The highest BCUT2D eigenvalue weighted by Crippen LogP contribution is 1.95. The number of terminal acetylenes is 1. The number of hydrogen-bond acceptors (Lipinski definition) is 2. The van der Waals surface area contributed by atoms with Gasteiger partial charge in [-0.2, -0.15) is 0 Å². The lowest BCUT2D eigenvalue weighted by atomic mass is 10.4. The lowest BCUT2D eigenvalue weighted by Gasteiger charge is -2.24. The second kappa shape index (κ2) is 3.23. The minimum atomic E-state index is -0.233. The van der Waals surface area contributed by atoms with Gasteiger partial charge in [0.2, 0.25) is 0 Å². The van der Waals surface area contributed by atoms with Gasteiger partial charge in [0.05, 0.1) is 13.2 Å². The molecule has 10 heavy (non-hydrogen) atoms. The van der Waals surface area contributed by atoms with E-state index in [-0.39, 0.29) is 5.91 Å². The summed E-state index contributed by atoms with van der Waals surface area (Å²) in [7, 11) is 0. The van der Waals surface area contributed by atoms with E-state index in [0.29, 0.717) is 26.3 Å². The van der Waals surface area contributed by atoms with Crippen LogP contribution in [0.1, 0.15) is 0 Å². The summed E-state index contributed by atoms with van der Waals surface area (Å²) < 4.78 is 5.03. The molecule has 54 valence electrons. The van der Waals surface area contributed by atoms with Crippen LogP contribution in [0.2, 0.25) is 0 Å². The average molecular weight is 139 g/mol. The van der Waals surface area contributed by atoms with Crippen LogP contribution >= 0.6 is 0 Å². The number of ether oxygens (including phenoxy) is 1. The molecule has 1 saturated heterocycles. The summed E-state index contributed by atoms with van der Waals surface area (Å²) in [5.41, 5.74) is 0. The molecule has 0 aromatic heterocycles. The summed E-state index contributed by atoms with van der Waals surface area (Å²) in [6, 6.07) is 0.